The van der Waals surface area contributed by atoms with Crippen molar-refractivity contribution in [3.8, 4) is 0 Å². The largest absolute Gasteiger partial charge is 0.445 e. The van der Waals surface area contributed by atoms with Gasteiger partial charge in [0.15, 0.2) is 0 Å². The number of alkyl carbamates (subject to hydrolysis) is 1. The van der Waals surface area contributed by atoms with E-state index >= 15 is 0 Å². The van der Waals surface area contributed by atoms with Crippen LogP contribution in [0.3, 0.4) is 0 Å². The molecule has 0 bridgehead atoms. The molecule has 0 unspecified atom stereocenters. The quantitative estimate of drug-likeness (QED) is 0.482. The van der Waals surface area contributed by atoms with Gasteiger partial charge in [-0.2, -0.15) is 0 Å². The summed E-state index contributed by atoms with van der Waals surface area (Å²) in [4.78, 5) is 22.7. The molecule has 1 heterocycles. The number of hydrogen-bond donors (Lipinski definition) is 2. The van der Waals surface area contributed by atoms with Gasteiger partial charge < -0.3 is 15.4 Å². The Balaban J connectivity index is 1.77. The summed E-state index contributed by atoms with van der Waals surface area (Å²) in [6, 6.07) is 8.93. The number of hydrogen-bond acceptors (Lipinski definition) is 3. The molecule has 1 fully saturated rings. The first-order valence-electron chi connectivity index (χ1n) is 5.54. The molecular formula is C12H13IN2O3. The molecule has 6 heteroatoms. The number of carbonyl (C=O) groups is 2. The van der Waals surface area contributed by atoms with Crippen molar-refractivity contribution in [1.82, 2.24) is 10.6 Å². The molecule has 1 aromatic carbocycles. The summed E-state index contributed by atoms with van der Waals surface area (Å²) in [5.41, 5.74) is 0.913. The van der Waals surface area contributed by atoms with Crippen LogP contribution < -0.4 is 10.6 Å². The summed E-state index contributed by atoms with van der Waals surface area (Å²) >= 11 is 2.16. The summed E-state index contributed by atoms with van der Waals surface area (Å²) in [7, 11) is 0. The third-order valence-corrected chi connectivity index (χ3v) is 3.61. The molecule has 0 saturated carbocycles. The van der Waals surface area contributed by atoms with Crippen LogP contribution in [0.15, 0.2) is 30.3 Å². The van der Waals surface area contributed by atoms with Crippen molar-refractivity contribution >= 4 is 34.6 Å². The SMILES string of the molecule is O=C(N[C@H]1C(=O)N[C@H]1CI)OCc1ccccc1. The summed E-state index contributed by atoms with van der Waals surface area (Å²) in [6.45, 7) is 0.204. The van der Waals surface area contributed by atoms with Crippen molar-refractivity contribution < 1.29 is 14.3 Å². The van der Waals surface area contributed by atoms with Gasteiger partial charge in [0.1, 0.15) is 12.6 Å². The molecular weight excluding hydrogens is 347 g/mol. The smallest absolute Gasteiger partial charge is 0.408 e. The fraction of sp³-hybridized carbons (Fsp3) is 0.333. The zero-order valence-corrected chi connectivity index (χ0v) is 11.7. The van der Waals surface area contributed by atoms with Gasteiger partial charge in [-0.1, -0.05) is 52.9 Å². The number of halogens is 1. The predicted octanol–water partition coefficient (Wildman–Crippen LogP) is 1.21. The van der Waals surface area contributed by atoms with E-state index in [1.165, 1.54) is 0 Å². The minimum atomic E-state index is -0.562. The van der Waals surface area contributed by atoms with E-state index in [1.807, 2.05) is 30.3 Å². The van der Waals surface area contributed by atoms with Gasteiger partial charge in [-0.3, -0.25) is 4.79 Å². The van der Waals surface area contributed by atoms with Gasteiger partial charge in [0.05, 0.1) is 6.04 Å². The average Bonchev–Trinajstić information content (AvgIpc) is 2.41. The number of rotatable bonds is 4. The Morgan fingerprint density at radius 1 is 1.39 bits per heavy atom. The molecule has 0 aromatic heterocycles. The van der Waals surface area contributed by atoms with Crippen LogP contribution in [-0.2, 0) is 16.1 Å². The average molecular weight is 360 g/mol. The minimum Gasteiger partial charge on any atom is -0.445 e. The highest BCUT2D eigenvalue weighted by Crippen LogP contribution is 2.09. The lowest BCUT2D eigenvalue weighted by Crippen LogP contribution is -2.69. The molecule has 1 aliphatic rings. The maximum atomic E-state index is 11.5. The third-order valence-electron chi connectivity index (χ3n) is 2.66. The highest BCUT2D eigenvalue weighted by atomic mass is 127. The first kappa shape index (κ1) is 13.1. The summed E-state index contributed by atoms with van der Waals surface area (Å²) in [5, 5.41) is 5.26. The van der Waals surface area contributed by atoms with Gasteiger partial charge in [0.2, 0.25) is 5.91 Å². The van der Waals surface area contributed by atoms with Crippen LogP contribution in [0.25, 0.3) is 0 Å². The fourth-order valence-corrected chi connectivity index (χ4v) is 2.36. The second-order valence-corrected chi connectivity index (χ2v) is 4.83. The number of ether oxygens (including phenoxy) is 1. The minimum absolute atomic E-state index is 0.00220. The Kier molecular flexibility index (Phi) is 4.40. The van der Waals surface area contributed by atoms with E-state index in [1.54, 1.807) is 0 Å². The number of β-lactam (4-membered cyclic amide) rings is 1. The molecule has 1 saturated heterocycles. The number of benzene rings is 1. The number of nitrogens with one attached hydrogen (secondary N) is 2. The summed E-state index contributed by atoms with van der Waals surface area (Å²) in [6.07, 6.45) is -0.562. The molecule has 2 atom stereocenters. The summed E-state index contributed by atoms with van der Waals surface area (Å²) in [5.74, 6) is -0.159. The van der Waals surface area contributed by atoms with Crippen LogP contribution >= 0.6 is 22.6 Å². The Hall–Kier alpha value is -1.31. The van der Waals surface area contributed by atoms with Crippen molar-refractivity contribution in [2.45, 2.75) is 18.7 Å². The predicted molar refractivity (Wildman–Crippen MR) is 74.4 cm³/mol. The molecule has 0 spiro atoms. The number of amides is 2. The fourth-order valence-electron chi connectivity index (χ4n) is 1.63. The van der Waals surface area contributed by atoms with Crippen LogP contribution in [0.5, 0.6) is 0 Å². The third kappa shape index (κ3) is 3.12. The van der Waals surface area contributed by atoms with Gasteiger partial charge in [0.25, 0.3) is 0 Å². The molecule has 18 heavy (non-hydrogen) atoms. The lowest BCUT2D eigenvalue weighted by molar-refractivity contribution is -0.130. The lowest BCUT2D eigenvalue weighted by Gasteiger charge is -2.35. The maximum absolute atomic E-state index is 11.5. The number of alkyl halides is 1. The van der Waals surface area contributed by atoms with Crippen LogP contribution in [0.2, 0.25) is 0 Å². The zero-order chi connectivity index (χ0) is 13.0. The molecule has 96 valence electrons. The number of carbonyl (C=O) groups excluding carboxylic acids is 2. The van der Waals surface area contributed by atoms with E-state index in [2.05, 4.69) is 33.2 Å². The van der Waals surface area contributed by atoms with E-state index in [9.17, 15) is 9.59 Å². The van der Waals surface area contributed by atoms with Crippen molar-refractivity contribution in [2.75, 3.05) is 4.43 Å². The molecule has 0 aliphatic carbocycles. The van der Waals surface area contributed by atoms with Crippen LogP contribution in [0.1, 0.15) is 5.56 Å². The van der Waals surface area contributed by atoms with Crippen molar-refractivity contribution in [3.05, 3.63) is 35.9 Å². The second kappa shape index (κ2) is 6.03. The van der Waals surface area contributed by atoms with Crippen molar-refractivity contribution in [1.29, 1.82) is 0 Å². The Labute approximate surface area is 118 Å². The van der Waals surface area contributed by atoms with E-state index in [4.69, 9.17) is 4.74 Å². The topological polar surface area (TPSA) is 67.4 Å². The van der Waals surface area contributed by atoms with E-state index in [0.717, 1.165) is 9.99 Å². The van der Waals surface area contributed by atoms with E-state index in [0.29, 0.717) is 0 Å². The first-order chi connectivity index (χ1) is 8.70. The Morgan fingerprint density at radius 3 is 2.72 bits per heavy atom. The maximum Gasteiger partial charge on any atom is 0.408 e. The second-order valence-electron chi connectivity index (χ2n) is 3.95. The van der Waals surface area contributed by atoms with E-state index in [-0.39, 0.29) is 18.6 Å². The normalized spacial score (nSPS) is 21.7. The van der Waals surface area contributed by atoms with Gasteiger partial charge in [-0.15, -0.1) is 0 Å². The first-order valence-corrected chi connectivity index (χ1v) is 7.07. The Bertz CT molecular complexity index is 438. The molecule has 1 aromatic rings. The van der Waals surface area contributed by atoms with Crippen molar-refractivity contribution in [3.63, 3.8) is 0 Å². The van der Waals surface area contributed by atoms with Gasteiger partial charge >= 0.3 is 6.09 Å². The molecule has 0 radical (unpaired) electrons. The lowest BCUT2D eigenvalue weighted by atomic mass is 10.0. The van der Waals surface area contributed by atoms with Crippen LogP contribution in [0, 0.1) is 0 Å². The van der Waals surface area contributed by atoms with E-state index < -0.39 is 12.1 Å². The monoisotopic (exact) mass is 360 g/mol. The van der Waals surface area contributed by atoms with Crippen LogP contribution in [-0.4, -0.2) is 28.5 Å². The standard InChI is InChI=1S/C12H13IN2O3/c13-6-9-10(11(16)14-9)15-12(17)18-7-8-4-2-1-3-5-8/h1-5,9-10H,6-7H2,(H,14,16)(H,15,17)/t9-,10+/m0/s1. The molecule has 5 nitrogen and oxygen atoms in total. The Morgan fingerprint density at radius 2 is 2.11 bits per heavy atom. The highest BCUT2D eigenvalue weighted by molar-refractivity contribution is 14.1. The zero-order valence-electron chi connectivity index (χ0n) is 9.56. The molecule has 1 aliphatic heterocycles. The highest BCUT2D eigenvalue weighted by Gasteiger charge is 2.39. The van der Waals surface area contributed by atoms with Gasteiger partial charge in [-0.05, 0) is 5.56 Å². The summed E-state index contributed by atoms with van der Waals surface area (Å²) < 4.78 is 5.80. The van der Waals surface area contributed by atoms with Crippen molar-refractivity contribution in [2.24, 2.45) is 0 Å². The molecule has 2 amide bonds. The molecule has 2 N–H and O–H groups in total. The van der Waals surface area contributed by atoms with Crippen LogP contribution in [0.4, 0.5) is 4.79 Å². The van der Waals surface area contributed by atoms with Gasteiger partial charge in [-0.25, -0.2) is 4.79 Å². The van der Waals surface area contributed by atoms with Gasteiger partial charge in [0, 0.05) is 4.43 Å². The molecule has 2 rings (SSSR count).